The molecule has 1 atom stereocenters. The molecular weight excluding hydrogens is 184 g/mol. The number of likely N-dealkylation sites (N-methyl/N-ethyl adjacent to an activating group) is 2. The molecule has 0 saturated carbocycles. The molecule has 0 fully saturated rings. The van der Waals surface area contributed by atoms with Crippen LogP contribution < -0.4 is 5.32 Å². The Hall–Kier alpha value is -0.860. The molecule has 1 aromatic carbocycles. The second kappa shape index (κ2) is 6.59. The van der Waals surface area contributed by atoms with Crippen LogP contribution in [0.1, 0.15) is 19.4 Å². The van der Waals surface area contributed by atoms with Crippen LogP contribution in [-0.4, -0.2) is 31.1 Å². The Morgan fingerprint density at radius 1 is 1.27 bits per heavy atom. The summed E-state index contributed by atoms with van der Waals surface area (Å²) in [5.74, 6) is 0. The van der Waals surface area contributed by atoms with Gasteiger partial charge in [-0.3, -0.25) is 0 Å². The molecule has 0 amide bonds. The van der Waals surface area contributed by atoms with Gasteiger partial charge in [-0.1, -0.05) is 37.3 Å². The van der Waals surface area contributed by atoms with Gasteiger partial charge >= 0.3 is 0 Å². The summed E-state index contributed by atoms with van der Waals surface area (Å²) < 4.78 is 0. The lowest BCUT2D eigenvalue weighted by atomic mass is 10.2. The van der Waals surface area contributed by atoms with Crippen molar-refractivity contribution >= 4 is 0 Å². The molecule has 0 saturated heterocycles. The van der Waals surface area contributed by atoms with Crippen LogP contribution in [-0.2, 0) is 6.54 Å². The summed E-state index contributed by atoms with van der Waals surface area (Å²) in [5, 5.41) is 3.42. The largest absolute Gasteiger partial charge is 0.313 e. The average molecular weight is 206 g/mol. The van der Waals surface area contributed by atoms with Gasteiger partial charge in [0.25, 0.3) is 0 Å². The van der Waals surface area contributed by atoms with Crippen molar-refractivity contribution in [2.24, 2.45) is 0 Å². The van der Waals surface area contributed by atoms with Gasteiger partial charge in [-0.25, -0.2) is 0 Å². The highest BCUT2D eigenvalue weighted by molar-refractivity contribution is 5.14. The van der Waals surface area contributed by atoms with Crippen molar-refractivity contribution in [3.8, 4) is 0 Å². The zero-order valence-corrected chi connectivity index (χ0v) is 10.0. The molecule has 0 spiro atoms. The van der Waals surface area contributed by atoms with E-state index in [1.165, 1.54) is 5.56 Å². The van der Waals surface area contributed by atoms with Crippen LogP contribution in [0.4, 0.5) is 0 Å². The Kier molecular flexibility index (Phi) is 5.37. The molecule has 0 bridgehead atoms. The zero-order valence-electron chi connectivity index (χ0n) is 10.0. The molecule has 0 radical (unpaired) electrons. The standard InChI is InChI=1S/C13H22N2/c1-4-14-12(2)10-15(3)11-13-8-6-5-7-9-13/h5-9,12,14H,4,10-11H2,1-3H3. The summed E-state index contributed by atoms with van der Waals surface area (Å²) in [6, 6.07) is 11.2. The van der Waals surface area contributed by atoms with E-state index in [2.05, 4.69) is 61.4 Å². The summed E-state index contributed by atoms with van der Waals surface area (Å²) in [4.78, 5) is 2.35. The Bertz CT molecular complexity index is 258. The number of nitrogens with zero attached hydrogens (tertiary/aromatic N) is 1. The molecule has 0 aliphatic heterocycles. The molecule has 1 N–H and O–H groups in total. The predicted molar refractivity (Wildman–Crippen MR) is 65.9 cm³/mol. The third kappa shape index (κ3) is 4.96. The molecule has 2 heteroatoms. The minimum Gasteiger partial charge on any atom is -0.313 e. The van der Waals surface area contributed by atoms with E-state index >= 15 is 0 Å². The van der Waals surface area contributed by atoms with Gasteiger partial charge in [0.15, 0.2) is 0 Å². The Balaban J connectivity index is 2.33. The number of hydrogen-bond donors (Lipinski definition) is 1. The molecular formula is C13H22N2. The number of rotatable bonds is 6. The third-order valence-corrected chi connectivity index (χ3v) is 2.43. The second-order valence-electron chi connectivity index (χ2n) is 4.14. The van der Waals surface area contributed by atoms with Crippen LogP contribution in [0.5, 0.6) is 0 Å². The highest BCUT2D eigenvalue weighted by Crippen LogP contribution is 2.02. The summed E-state index contributed by atoms with van der Waals surface area (Å²) >= 11 is 0. The topological polar surface area (TPSA) is 15.3 Å². The van der Waals surface area contributed by atoms with Gasteiger partial charge in [0.1, 0.15) is 0 Å². The van der Waals surface area contributed by atoms with Gasteiger partial charge in [0.05, 0.1) is 0 Å². The first-order chi connectivity index (χ1) is 7.22. The van der Waals surface area contributed by atoms with Crippen LogP contribution in [0, 0.1) is 0 Å². The lowest BCUT2D eigenvalue weighted by Crippen LogP contribution is -2.36. The van der Waals surface area contributed by atoms with Crippen molar-refractivity contribution in [2.75, 3.05) is 20.1 Å². The van der Waals surface area contributed by atoms with Crippen molar-refractivity contribution < 1.29 is 0 Å². The van der Waals surface area contributed by atoms with Crippen molar-refractivity contribution in [3.63, 3.8) is 0 Å². The summed E-state index contributed by atoms with van der Waals surface area (Å²) in [7, 11) is 2.17. The highest BCUT2D eigenvalue weighted by Gasteiger charge is 2.04. The maximum absolute atomic E-state index is 3.42. The molecule has 15 heavy (non-hydrogen) atoms. The first-order valence-corrected chi connectivity index (χ1v) is 5.68. The monoisotopic (exact) mass is 206 g/mol. The minimum atomic E-state index is 0.559. The molecule has 0 aliphatic rings. The van der Waals surface area contributed by atoms with E-state index in [1.54, 1.807) is 0 Å². The molecule has 0 aliphatic carbocycles. The zero-order chi connectivity index (χ0) is 11.1. The quantitative estimate of drug-likeness (QED) is 0.767. The molecule has 1 unspecified atom stereocenters. The van der Waals surface area contributed by atoms with E-state index < -0.39 is 0 Å². The minimum absolute atomic E-state index is 0.559. The molecule has 0 aromatic heterocycles. The average Bonchev–Trinajstić information content (AvgIpc) is 2.19. The maximum atomic E-state index is 3.42. The first kappa shape index (κ1) is 12.2. The summed E-state index contributed by atoms with van der Waals surface area (Å²) in [5.41, 5.74) is 1.38. The normalized spacial score (nSPS) is 13.1. The molecule has 1 rings (SSSR count). The molecule has 0 heterocycles. The number of benzene rings is 1. The maximum Gasteiger partial charge on any atom is 0.0231 e. The van der Waals surface area contributed by atoms with Crippen LogP contribution in [0.3, 0.4) is 0 Å². The van der Waals surface area contributed by atoms with Crippen LogP contribution in [0.2, 0.25) is 0 Å². The van der Waals surface area contributed by atoms with Crippen LogP contribution >= 0.6 is 0 Å². The first-order valence-electron chi connectivity index (χ1n) is 5.68. The lowest BCUT2D eigenvalue weighted by Gasteiger charge is -2.21. The van der Waals surface area contributed by atoms with E-state index in [-0.39, 0.29) is 0 Å². The van der Waals surface area contributed by atoms with Gasteiger partial charge in [0, 0.05) is 19.1 Å². The fourth-order valence-electron chi connectivity index (χ4n) is 1.84. The van der Waals surface area contributed by atoms with Crippen LogP contribution in [0.25, 0.3) is 0 Å². The highest BCUT2D eigenvalue weighted by atomic mass is 15.1. The fraction of sp³-hybridized carbons (Fsp3) is 0.538. The van der Waals surface area contributed by atoms with E-state index in [0.717, 1.165) is 19.6 Å². The van der Waals surface area contributed by atoms with Crippen molar-refractivity contribution in [3.05, 3.63) is 35.9 Å². The van der Waals surface area contributed by atoms with E-state index in [0.29, 0.717) is 6.04 Å². The van der Waals surface area contributed by atoms with Gasteiger partial charge in [-0.05, 0) is 26.1 Å². The van der Waals surface area contributed by atoms with Gasteiger partial charge in [-0.15, -0.1) is 0 Å². The Morgan fingerprint density at radius 2 is 1.93 bits per heavy atom. The predicted octanol–water partition coefficient (Wildman–Crippen LogP) is 2.12. The number of nitrogens with one attached hydrogen (secondary N) is 1. The Morgan fingerprint density at radius 3 is 2.53 bits per heavy atom. The number of hydrogen-bond acceptors (Lipinski definition) is 2. The van der Waals surface area contributed by atoms with E-state index in [4.69, 9.17) is 0 Å². The SMILES string of the molecule is CCNC(C)CN(C)Cc1ccccc1. The van der Waals surface area contributed by atoms with Crippen molar-refractivity contribution in [1.82, 2.24) is 10.2 Å². The molecule has 84 valence electrons. The van der Waals surface area contributed by atoms with Gasteiger partial charge < -0.3 is 10.2 Å². The lowest BCUT2D eigenvalue weighted by molar-refractivity contribution is 0.291. The molecule has 1 aromatic rings. The van der Waals surface area contributed by atoms with E-state index in [9.17, 15) is 0 Å². The fourth-order valence-corrected chi connectivity index (χ4v) is 1.84. The smallest absolute Gasteiger partial charge is 0.0231 e. The third-order valence-electron chi connectivity index (χ3n) is 2.43. The summed E-state index contributed by atoms with van der Waals surface area (Å²) in [6.45, 7) is 7.53. The van der Waals surface area contributed by atoms with Crippen LogP contribution in [0.15, 0.2) is 30.3 Å². The second-order valence-corrected chi connectivity index (χ2v) is 4.14. The van der Waals surface area contributed by atoms with Gasteiger partial charge in [-0.2, -0.15) is 0 Å². The Labute approximate surface area is 93.3 Å². The van der Waals surface area contributed by atoms with E-state index in [1.807, 2.05) is 0 Å². The van der Waals surface area contributed by atoms with Gasteiger partial charge in [0.2, 0.25) is 0 Å². The molecule has 2 nitrogen and oxygen atoms in total. The van der Waals surface area contributed by atoms with Crippen molar-refractivity contribution in [1.29, 1.82) is 0 Å². The summed E-state index contributed by atoms with van der Waals surface area (Å²) in [6.07, 6.45) is 0. The van der Waals surface area contributed by atoms with Crippen molar-refractivity contribution in [2.45, 2.75) is 26.4 Å².